The molecule has 45 heavy (non-hydrogen) atoms. The highest BCUT2D eigenvalue weighted by Crippen LogP contribution is 2.27. The van der Waals surface area contributed by atoms with Crippen molar-refractivity contribution in [3.63, 3.8) is 0 Å². The Labute approximate surface area is 279 Å². The summed E-state index contributed by atoms with van der Waals surface area (Å²) in [6.45, 7) is 7.62. The van der Waals surface area contributed by atoms with Crippen molar-refractivity contribution in [2.45, 2.75) is 207 Å². The molecule has 2 aromatic rings. The maximum atomic E-state index is 13.2. The second-order valence-electron chi connectivity index (χ2n) is 14.3. The number of rotatable bonds is 30. The largest absolute Gasteiger partial charge is 0.507 e. The molecule has 0 saturated heterocycles. The number of unbranched alkanes of at least 4 members (excludes halogenated alkanes) is 20. The number of benzene rings is 1. The second-order valence-corrected chi connectivity index (χ2v) is 14.3. The van der Waals surface area contributed by atoms with E-state index >= 15 is 0 Å². The van der Waals surface area contributed by atoms with Gasteiger partial charge in [-0.1, -0.05) is 187 Å². The van der Waals surface area contributed by atoms with E-state index in [1.165, 1.54) is 161 Å². The number of aryl methyl sites for hydroxylation is 2. The van der Waals surface area contributed by atoms with Gasteiger partial charge in [0, 0.05) is 12.7 Å². The molecule has 0 amide bonds. The molecule has 2 rings (SSSR count). The molecule has 0 aliphatic rings. The van der Waals surface area contributed by atoms with E-state index in [0.717, 1.165) is 42.7 Å². The minimum Gasteiger partial charge on any atom is -0.507 e. The molecule has 1 aromatic carbocycles. The first-order valence-electron chi connectivity index (χ1n) is 20.0. The summed E-state index contributed by atoms with van der Waals surface area (Å²) < 4.78 is 1.81. The highest BCUT2D eigenvalue weighted by Gasteiger charge is 2.12. The fraction of sp³-hybridized carbons (Fsp3) is 0.786. The van der Waals surface area contributed by atoms with Crippen molar-refractivity contribution in [1.29, 1.82) is 0 Å². The molecule has 0 aliphatic carbocycles. The first kappa shape index (κ1) is 39.4. The Morgan fingerprint density at radius 1 is 0.578 bits per heavy atom. The maximum Gasteiger partial charge on any atom is 0.262 e. The van der Waals surface area contributed by atoms with E-state index in [-0.39, 0.29) is 11.3 Å². The quantitative estimate of drug-likeness (QED) is 0.0880. The second kappa shape index (κ2) is 26.3. The van der Waals surface area contributed by atoms with Gasteiger partial charge in [0.1, 0.15) is 5.75 Å². The zero-order valence-corrected chi connectivity index (χ0v) is 30.2. The normalized spacial score (nSPS) is 12.3. The first-order valence-corrected chi connectivity index (χ1v) is 20.0. The van der Waals surface area contributed by atoms with Crippen molar-refractivity contribution < 1.29 is 5.11 Å². The number of nitrogens with zero attached hydrogens (tertiary/aromatic N) is 1. The molecule has 0 radical (unpaired) electrons. The topological polar surface area (TPSA) is 42.2 Å². The van der Waals surface area contributed by atoms with Crippen LogP contribution >= 0.6 is 0 Å². The van der Waals surface area contributed by atoms with Gasteiger partial charge in [0.25, 0.3) is 5.56 Å². The van der Waals surface area contributed by atoms with E-state index in [0.29, 0.717) is 5.39 Å². The van der Waals surface area contributed by atoms with Gasteiger partial charge in [-0.05, 0) is 48.3 Å². The molecule has 0 saturated carbocycles. The number of pyridine rings is 1. The third-order valence-electron chi connectivity index (χ3n) is 10.1. The summed E-state index contributed by atoms with van der Waals surface area (Å²) in [4.78, 5) is 13.2. The lowest BCUT2D eigenvalue weighted by Crippen LogP contribution is -2.19. The summed E-state index contributed by atoms with van der Waals surface area (Å²) in [6, 6.07) is 6.03. The minimum absolute atomic E-state index is 0.0416. The number of phenolic OH excluding ortho intramolecular Hbond substituents is 1. The van der Waals surface area contributed by atoms with Crippen LogP contribution in [0.3, 0.4) is 0 Å². The lowest BCUT2D eigenvalue weighted by molar-refractivity contribution is 0.371. The average Bonchev–Trinajstić information content (AvgIpc) is 3.03. The molecule has 0 spiro atoms. The van der Waals surface area contributed by atoms with Crippen LogP contribution < -0.4 is 5.56 Å². The fourth-order valence-corrected chi connectivity index (χ4v) is 7.17. The summed E-state index contributed by atoms with van der Waals surface area (Å²) in [6.07, 6.45) is 39.1. The van der Waals surface area contributed by atoms with Gasteiger partial charge >= 0.3 is 0 Å². The Bertz CT molecular complexity index is 1040. The highest BCUT2D eigenvalue weighted by molar-refractivity contribution is 5.87. The van der Waals surface area contributed by atoms with Crippen LogP contribution in [0.5, 0.6) is 5.75 Å². The Morgan fingerprint density at radius 2 is 1.02 bits per heavy atom. The van der Waals surface area contributed by atoms with Crippen LogP contribution in [-0.2, 0) is 13.0 Å². The van der Waals surface area contributed by atoms with Crippen LogP contribution in [0, 0.1) is 5.92 Å². The molecule has 1 heterocycles. The molecule has 258 valence electrons. The molecular formula is C42H73NO2. The Morgan fingerprint density at radius 3 is 1.58 bits per heavy atom. The van der Waals surface area contributed by atoms with Gasteiger partial charge < -0.3 is 9.67 Å². The van der Waals surface area contributed by atoms with Gasteiger partial charge in [-0.15, -0.1) is 0 Å². The number of aromatic nitrogens is 1. The third-order valence-corrected chi connectivity index (χ3v) is 10.1. The van der Waals surface area contributed by atoms with Crippen molar-refractivity contribution in [3.05, 3.63) is 40.3 Å². The van der Waals surface area contributed by atoms with Crippen LogP contribution in [0.4, 0.5) is 0 Å². The molecule has 1 N–H and O–H groups in total. The molecule has 1 unspecified atom stereocenters. The molecule has 0 fully saturated rings. The van der Waals surface area contributed by atoms with E-state index in [9.17, 15) is 9.90 Å². The van der Waals surface area contributed by atoms with Gasteiger partial charge in [0.2, 0.25) is 0 Å². The number of hydrogen-bond donors (Lipinski definition) is 1. The van der Waals surface area contributed by atoms with Crippen LogP contribution in [0.25, 0.3) is 10.8 Å². The monoisotopic (exact) mass is 624 g/mol. The highest BCUT2D eigenvalue weighted by atomic mass is 16.3. The molecule has 0 aliphatic heterocycles. The number of aromatic hydroxyl groups is 1. The Kier molecular flexibility index (Phi) is 23.0. The standard InChI is InChI=1S/C42H73NO2/c1-4-7-10-12-13-14-15-16-17-18-19-20-22-27-33-43-34-32-39-35-38(36-40(44)41(39)42(43)45)31-26-25-30-37(28-23-9-6-3)29-24-21-11-8-5-2/h32,34-37,44H,4-31,33H2,1-3H3. The predicted molar refractivity (Wildman–Crippen MR) is 199 cm³/mol. The summed E-state index contributed by atoms with van der Waals surface area (Å²) >= 11 is 0. The number of hydrogen-bond acceptors (Lipinski definition) is 2. The minimum atomic E-state index is -0.0416. The fourth-order valence-electron chi connectivity index (χ4n) is 7.17. The van der Waals surface area contributed by atoms with Gasteiger partial charge in [-0.2, -0.15) is 0 Å². The maximum absolute atomic E-state index is 13.2. The zero-order chi connectivity index (χ0) is 32.4. The summed E-state index contributed by atoms with van der Waals surface area (Å²) in [5, 5.41) is 12.2. The van der Waals surface area contributed by atoms with Crippen LogP contribution in [0.1, 0.15) is 200 Å². The first-order chi connectivity index (χ1) is 22.1. The molecule has 1 atom stereocenters. The van der Waals surface area contributed by atoms with Crippen molar-refractivity contribution in [2.75, 3.05) is 0 Å². The van der Waals surface area contributed by atoms with Crippen molar-refractivity contribution in [2.24, 2.45) is 5.92 Å². The number of fused-ring (bicyclic) bond motifs is 1. The molecule has 3 heteroatoms. The van der Waals surface area contributed by atoms with Crippen LogP contribution in [-0.4, -0.2) is 9.67 Å². The summed E-state index contributed by atoms with van der Waals surface area (Å²) in [5.41, 5.74) is 1.12. The van der Waals surface area contributed by atoms with E-state index < -0.39 is 0 Å². The molecule has 3 nitrogen and oxygen atoms in total. The van der Waals surface area contributed by atoms with Crippen LogP contribution in [0.15, 0.2) is 29.2 Å². The third kappa shape index (κ3) is 17.6. The van der Waals surface area contributed by atoms with E-state index in [1.54, 1.807) is 0 Å². The van der Waals surface area contributed by atoms with Crippen molar-refractivity contribution in [1.82, 2.24) is 4.57 Å². The number of phenols is 1. The molecular weight excluding hydrogens is 550 g/mol. The van der Waals surface area contributed by atoms with E-state index in [4.69, 9.17) is 0 Å². The summed E-state index contributed by atoms with van der Waals surface area (Å²) in [5.74, 6) is 1.04. The Hall–Kier alpha value is -1.77. The van der Waals surface area contributed by atoms with Crippen molar-refractivity contribution in [3.8, 4) is 5.75 Å². The lowest BCUT2D eigenvalue weighted by Gasteiger charge is -2.17. The van der Waals surface area contributed by atoms with Gasteiger partial charge in [0.05, 0.1) is 5.39 Å². The molecule has 0 bridgehead atoms. The van der Waals surface area contributed by atoms with Gasteiger partial charge in [-0.3, -0.25) is 4.79 Å². The lowest BCUT2D eigenvalue weighted by atomic mass is 9.89. The van der Waals surface area contributed by atoms with Crippen molar-refractivity contribution >= 4 is 10.8 Å². The predicted octanol–water partition coefficient (Wildman–Crippen LogP) is 13.5. The summed E-state index contributed by atoms with van der Waals surface area (Å²) in [7, 11) is 0. The SMILES string of the molecule is CCCCCCCCCCCCCCCCn1ccc2cc(CCCCC(CCCCC)CCCCCCC)cc(O)c2c1=O. The van der Waals surface area contributed by atoms with Gasteiger partial charge in [-0.25, -0.2) is 0 Å². The van der Waals surface area contributed by atoms with E-state index in [2.05, 4.69) is 26.8 Å². The van der Waals surface area contributed by atoms with Gasteiger partial charge in [0.15, 0.2) is 0 Å². The Balaban J connectivity index is 1.69. The van der Waals surface area contributed by atoms with E-state index in [1.807, 2.05) is 22.9 Å². The zero-order valence-electron chi connectivity index (χ0n) is 30.2. The van der Waals surface area contributed by atoms with Crippen LogP contribution in [0.2, 0.25) is 0 Å². The molecule has 1 aromatic heterocycles. The average molecular weight is 624 g/mol. The smallest absolute Gasteiger partial charge is 0.262 e.